The summed E-state index contributed by atoms with van der Waals surface area (Å²) in [6.45, 7) is 1.33. The molecule has 21 heavy (non-hydrogen) atoms. The predicted octanol–water partition coefficient (Wildman–Crippen LogP) is 0.519. The summed E-state index contributed by atoms with van der Waals surface area (Å²) in [5.41, 5.74) is 0. The van der Waals surface area contributed by atoms with Crippen molar-refractivity contribution in [2.75, 3.05) is 32.9 Å². The van der Waals surface area contributed by atoms with Crippen molar-refractivity contribution in [3.63, 3.8) is 0 Å². The van der Waals surface area contributed by atoms with E-state index < -0.39 is 12.0 Å². The first-order valence-electron chi connectivity index (χ1n) is 7.61. The number of hydrogen-bond acceptors (Lipinski definition) is 4. The standard InChI is InChI=1S/C14H24N2O5/c17-7-5-15(11-3-1-2-4-11)14(20)16-6-8-21-10-12(16)9-13(18)19/h11-12,17H,1-10H2,(H,18,19). The van der Waals surface area contributed by atoms with Crippen molar-refractivity contribution in [3.05, 3.63) is 0 Å². The number of carboxylic acid groups (broad SMARTS) is 1. The first-order chi connectivity index (χ1) is 10.1. The van der Waals surface area contributed by atoms with Gasteiger partial charge in [0.15, 0.2) is 0 Å². The molecule has 0 aromatic carbocycles. The molecule has 1 heterocycles. The van der Waals surface area contributed by atoms with Crippen molar-refractivity contribution in [3.8, 4) is 0 Å². The van der Waals surface area contributed by atoms with Crippen LogP contribution in [0.5, 0.6) is 0 Å². The third-order valence-corrected chi connectivity index (χ3v) is 4.24. The summed E-state index contributed by atoms with van der Waals surface area (Å²) >= 11 is 0. The molecule has 1 atom stereocenters. The molecule has 1 saturated heterocycles. The molecule has 1 unspecified atom stereocenters. The number of morpholine rings is 1. The Hall–Kier alpha value is -1.34. The van der Waals surface area contributed by atoms with E-state index >= 15 is 0 Å². The molecule has 0 aromatic heterocycles. The van der Waals surface area contributed by atoms with Gasteiger partial charge in [0.25, 0.3) is 0 Å². The summed E-state index contributed by atoms with van der Waals surface area (Å²) in [5.74, 6) is -0.933. The summed E-state index contributed by atoms with van der Waals surface area (Å²) in [7, 11) is 0. The summed E-state index contributed by atoms with van der Waals surface area (Å²) < 4.78 is 5.30. The van der Waals surface area contributed by atoms with E-state index in [1.165, 1.54) is 0 Å². The minimum Gasteiger partial charge on any atom is -0.481 e. The number of aliphatic hydroxyl groups is 1. The highest BCUT2D eigenvalue weighted by atomic mass is 16.5. The summed E-state index contributed by atoms with van der Waals surface area (Å²) in [6, 6.07) is -0.421. The molecule has 7 heteroatoms. The van der Waals surface area contributed by atoms with E-state index in [4.69, 9.17) is 9.84 Å². The molecule has 2 aliphatic rings. The van der Waals surface area contributed by atoms with Crippen molar-refractivity contribution in [2.45, 2.75) is 44.2 Å². The number of aliphatic hydroxyl groups excluding tert-OH is 1. The van der Waals surface area contributed by atoms with Gasteiger partial charge in [0, 0.05) is 19.1 Å². The lowest BCUT2D eigenvalue weighted by Gasteiger charge is -2.40. The van der Waals surface area contributed by atoms with Crippen molar-refractivity contribution in [2.24, 2.45) is 0 Å². The van der Waals surface area contributed by atoms with Gasteiger partial charge in [-0.25, -0.2) is 4.79 Å². The van der Waals surface area contributed by atoms with Gasteiger partial charge in [0.2, 0.25) is 0 Å². The third-order valence-electron chi connectivity index (χ3n) is 4.24. The van der Waals surface area contributed by atoms with Crippen LogP contribution in [0, 0.1) is 0 Å². The summed E-state index contributed by atoms with van der Waals surface area (Å²) in [6.07, 6.45) is 4.01. The van der Waals surface area contributed by atoms with Gasteiger partial charge in [-0.1, -0.05) is 12.8 Å². The Bertz CT molecular complexity index is 370. The number of amides is 2. The van der Waals surface area contributed by atoms with Crippen LogP contribution in [0.1, 0.15) is 32.1 Å². The van der Waals surface area contributed by atoms with Gasteiger partial charge in [0.1, 0.15) is 0 Å². The van der Waals surface area contributed by atoms with Crippen LogP contribution in [0.3, 0.4) is 0 Å². The molecule has 2 amide bonds. The molecule has 0 aromatic rings. The van der Waals surface area contributed by atoms with E-state index in [2.05, 4.69) is 0 Å². The maximum Gasteiger partial charge on any atom is 0.320 e. The Balaban J connectivity index is 2.07. The Morgan fingerprint density at radius 1 is 1.29 bits per heavy atom. The van der Waals surface area contributed by atoms with Crippen LogP contribution in [0.2, 0.25) is 0 Å². The summed E-state index contributed by atoms with van der Waals surface area (Å²) in [4.78, 5) is 27.0. The van der Waals surface area contributed by atoms with E-state index in [9.17, 15) is 14.7 Å². The number of carboxylic acids is 1. The maximum absolute atomic E-state index is 12.8. The lowest BCUT2D eigenvalue weighted by atomic mass is 10.1. The van der Waals surface area contributed by atoms with Gasteiger partial charge in [0.05, 0.1) is 32.3 Å². The monoisotopic (exact) mass is 300 g/mol. The smallest absolute Gasteiger partial charge is 0.320 e. The van der Waals surface area contributed by atoms with Gasteiger partial charge in [-0.15, -0.1) is 0 Å². The van der Waals surface area contributed by atoms with E-state index in [1.807, 2.05) is 0 Å². The Kier molecular flexibility index (Phi) is 5.81. The zero-order valence-electron chi connectivity index (χ0n) is 12.2. The van der Waals surface area contributed by atoms with Gasteiger partial charge >= 0.3 is 12.0 Å². The highest BCUT2D eigenvalue weighted by Gasteiger charge is 2.35. The van der Waals surface area contributed by atoms with Crippen LogP contribution in [0.15, 0.2) is 0 Å². The van der Waals surface area contributed by atoms with Crippen LogP contribution >= 0.6 is 0 Å². The maximum atomic E-state index is 12.8. The molecule has 1 aliphatic heterocycles. The number of aliphatic carboxylic acids is 1. The Morgan fingerprint density at radius 3 is 2.62 bits per heavy atom. The van der Waals surface area contributed by atoms with Gasteiger partial charge < -0.3 is 24.7 Å². The second kappa shape index (κ2) is 7.61. The van der Waals surface area contributed by atoms with E-state index in [-0.39, 0.29) is 31.7 Å². The molecular formula is C14H24N2O5. The molecule has 120 valence electrons. The van der Waals surface area contributed by atoms with Crippen LogP contribution in [-0.2, 0) is 9.53 Å². The topological polar surface area (TPSA) is 90.3 Å². The lowest BCUT2D eigenvalue weighted by Crippen LogP contribution is -2.56. The SMILES string of the molecule is O=C(O)CC1COCCN1C(=O)N(CCO)C1CCCC1. The van der Waals surface area contributed by atoms with Gasteiger partial charge in [-0.05, 0) is 12.8 Å². The number of carbonyl (C=O) groups excluding carboxylic acids is 1. The number of hydrogen-bond donors (Lipinski definition) is 2. The number of carbonyl (C=O) groups is 2. The van der Waals surface area contributed by atoms with Crippen molar-refractivity contribution < 1.29 is 24.5 Å². The highest BCUT2D eigenvalue weighted by Crippen LogP contribution is 2.25. The van der Waals surface area contributed by atoms with E-state index in [0.29, 0.717) is 19.7 Å². The van der Waals surface area contributed by atoms with Crippen LogP contribution in [-0.4, -0.2) is 77.0 Å². The fraction of sp³-hybridized carbons (Fsp3) is 0.857. The molecule has 2 rings (SSSR count). The normalized spacial score (nSPS) is 23.3. The van der Waals surface area contributed by atoms with Crippen LogP contribution in [0.4, 0.5) is 4.79 Å². The largest absolute Gasteiger partial charge is 0.481 e. The molecule has 7 nitrogen and oxygen atoms in total. The zero-order valence-corrected chi connectivity index (χ0v) is 12.2. The minimum atomic E-state index is -0.933. The molecule has 0 bridgehead atoms. The van der Waals surface area contributed by atoms with E-state index in [1.54, 1.807) is 9.80 Å². The lowest BCUT2D eigenvalue weighted by molar-refractivity contribution is -0.139. The molecule has 2 N–H and O–H groups in total. The number of nitrogens with zero attached hydrogens (tertiary/aromatic N) is 2. The average Bonchev–Trinajstić information content (AvgIpc) is 2.98. The second-order valence-corrected chi connectivity index (χ2v) is 5.66. The first kappa shape index (κ1) is 16.0. The third kappa shape index (κ3) is 4.07. The summed E-state index contributed by atoms with van der Waals surface area (Å²) in [5, 5.41) is 18.2. The van der Waals surface area contributed by atoms with Gasteiger partial charge in [-0.2, -0.15) is 0 Å². The second-order valence-electron chi connectivity index (χ2n) is 5.66. The predicted molar refractivity (Wildman–Crippen MR) is 75.0 cm³/mol. The molecule has 0 radical (unpaired) electrons. The quantitative estimate of drug-likeness (QED) is 0.772. The van der Waals surface area contributed by atoms with Crippen molar-refractivity contribution in [1.29, 1.82) is 0 Å². The molecule has 1 saturated carbocycles. The van der Waals surface area contributed by atoms with Gasteiger partial charge in [-0.3, -0.25) is 4.79 Å². The molecule has 0 spiro atoms. The van der Waals surface area contributed by atoms with E-state index in [0.717, 1.165) is 25.7 Å². The molecular weight excluding hydrogens is 276 g/mol. The number of rotatable bonds is 5. The number of urea groups is 1. The van der Waals surface area contributed by atoms with Crippen molar-refractivity contribution >= 4 is 12.0 Å². The molecule has 1 aliphatic carbocycles. The van der Waals surface area contributed by atoms with Crippen molar-refractivity contribution in [1.82, 2.24) is 9.80 Å². The Labute approximate surface area is 124 Å². The molecule has 2 fully saturated rings. The fourth-order valence-corrected chi connectivity index (χ4v) is 3.20. The number of ether oxygens (including phenoxy) is 1. The van der Waals surface area contributed by atoms with Crippen LogP contribution < -0.4 is 0 Å². The highest BCUT2D eigenvalue weighted by molar-refractivity contribution is 5.76. The fourth-order valence-electron chi connectivity index (χ4n) is 3.20. The zero-order chi connectivity index (χ0) is 15.2. The van der Waals surface area contributed by atoms with Crippen LogP contribution in [0.25, 0.3) is 0 Å². The first-order valence-corrected chi connectivity index (χ1v) is 7.61. The average molecular weight is 300 g/mol. The minimum absolute atomic E-state index is 0.0732. The Morgan fingerprint density at radius 2 is 2.00 bits per heavy atom.